The van der Waals surface area contributed by atoms with Gasteiger partial charge in [0.15, 0.2) is 5.58 Å². The van der Waals surface area contributed by atoms with Gasteiger partial charge in [0.1, 0.15) is 5.52 Å². The third-order valence-corrected chi connectivity index (χ3v) is 7.34. The van der Waals surface area contributed by atoms with E-state index in [9.17, 15) is 4.79 Å². The number of oxazole rings is 1. The molecule has 2 aromatic carbocycles. The number of hydrogen-bond acceptors (Lipinski definition) is 6. The van der Waals surface area contributed by atoms with Crippen molar-refractivity contribution in [2.24, 2.45) is 0 Å². The molecule has 2 saturated heterocycles. The van der Waals surface area contributed by atoms with E-state index in [4.69, 9.17) is 4.42 Å². The molecule has 32 heavy (non-hydrogen) atoms. The van der Waals surface area contributed by atoms with Crippen LogP contribution in [0.4, 0.5) is 0 Å². The topological polar surface area (TPSA) is 52.8 Å². The molecule has 1 amide bonds. The number of carbonyl (C=O) groups excluding carboxylic acids is 1. The van der Waals surface area contributed by atoms with E-state index in [1.54, 1.807) is 0 Å². The number of para-hydroxylation sites is 2. The van der Waals surface area contributed by atoms with E-state index < -0.39 is 0 Å². The molecular weight excluding hydrogens is 420 g/mol. The first-order valence-electron chi connectivity index (χ1n) is 11.6. The van der Waals surface area contributed by atoms with Gasteiger partial charge < -0.3 is 14.2 Å². The van der Waals surface area contributed by atoms with Crippen molar-refractivity contribution in [3.8, 4) is 0 Å². The van der Waals surface area contributed by atoms with Crippen LogP contribution in [-0.4, -0.2) is 77.9 Å². The van der Waals surface area contributed by atoms with Crippen LogP contribution in [-0.2, 0) is 5.75 Å². The quantitative estimate of drug-likeness (QED) is 0.508. The third-order valence-electron chi connectivity index (χ3n) is 6.46. The fraction of sp³-hybridized carbons (Fsp3) is 0.440. The average Bonchev–Trinajstić information content (AvgIpc) is 3.51. The molecule has 2 aliphatic heterocycles. The minimum absolute atomic E-state index is 0.137. The normalized spacial score (nSPS) is 17.9. The number of likely N-dealkylation sites (tertiary alicyclic amines) is 1. The molecule has 2 fully saturated rings. The minimum Gasteiger partial charge on any atom is -0.431 e. The summed E-state index contributed by atoms with van der Waals surface area (Å²) in [6, 6.07) is 15.7. The van der Waals surface area contributed by atoms with Crippen molar-refractivity contribution < 1.29 is 9.21 Å². The highest BCUT2D eigenvalue weighted by Gasteiger charge is 2.24. The predicted molar refractivity (Wildman–Crippen MR) is 128 cm³/mol. The molecule has 5 rings (SSSR count). The Kier molecular flexibility index (Phi) is 6.76. The van der Waals surface area contributed by atoms with E-state index in [-0.39, 0.29) is 5.91 Å². The molecule has 0 N–H and O–H groups in total. The molecular formula is C25H30N4O2S. The molecule has 0 bridgehead atoms. The minimum atomic E-state index is 0.137. The van der Waals surface area contributed by atoms with Crippen LogP contribution in [0.15, 0.2) is 58.2 Å². The molecule has 0 unspecified atom stereocenters. The van der Waals surface area contributed by atoms with Gasteiger partial charge in [0.25, 0.3) is 11.1 Å². The van der Waals surface area contributed by atoms with Crippen LogP contribution in [0.25, 0.3) is 11.1 Å². The Morgan fingerprint density at radius 1 is 0.875 bits per heavy atom. The van der Waals surface area contributed by atoms with Crippen molar-refractivity contribution in [2.75, 3.05) is 52.4 Å². The maximum absolute atomic E-state index is 13.3. The Labute approximate surface area is 193 Å². The van der Waals surface area contributed by atoms with Crippen molar-refractivity contribution in [3.63, 3.8) is 0 Å². The standard InChI is InChI=1S/C25H30N4O2S/c30-24(29-17-15-28(16-18-29)14-13-27-11-5-6-12-27)21-8-2-1-7-20(21)19-32-25-26-22-9-3-4-10-23(22)31-25/h1-4,7-10H,5-6,11-19H2. The van der Waals surface area contributed by atoms with Gasteiger partial charge in [-0.2, -0.15) is 0 Å². The molecule has 0 radical (unpaired) electrons. The van der Waals surface area contributed by atoms with Crippen molar-refractivity contribution in [3.05, 3.63) is 59.7 Å². The van der Waals surface area contributed by atoms with Crippen LogP contribution in [0.5, 0.6) is 0 Å². The van der Waals surface area contributed by atoms with E-state index in [0.717, 1.165) is 61.5 Å². The molecule has 0 atom stereocenters. The Bertz CT molecular complexity index is 1020. The van der Waals surface area contributed by atoms with E-state index >= 15 is 0 Å². The highest BCUT2D eigenvalue weighted by Crippen LogP contribution is 2.27. The van der Waals surface area contributed by atoms with Crippen LogP contribution in [0, 0.1) is 0 Å². The Hall–Kier alpha value is -2.35. The second-order valence-electron chi connectivity index (χ2n) is 8.58. The SMILES string of the molecule is O=C(c1ccccc1CSc1nc2ccccc2o1)N1CCN(CCN2CCCC2)CC1. The van der Waals surface area contributed by atoms with Gasteiger partial charge in [-0.3, -0.25) is 9.69 Å². The lowest BCUT2D eigenvalue weighted by Gasteiger charge is -2.35. The predicted octanol–water partition coefficient (Wildman–Crippen LogP) is 3.97. The molecule has 3 heterocycles. The number of aromatic nitrogens is 1. The van der Waals surface area contributed by atoms with Gasteiger partial charge in [0, 0.05) is 50.6 Å². The molecule has 0 saturated carbocycles. The summed E-state index contributed by atoms with van der Waals surface area (Å²) in [7, 11) is 0. The van der Waals surface area contributed by atoms with Gasteiger partial charge in [-0.1, -0.05) is 42.1 Å². The molecule has 1 aromatic heterocycles. The van der Waals surface area contributed by atoms with E-state index in [2.05, 4.69) is 14.8 Å². The number of thioether (sulfide) groups is 1. The van der Waals surface area contributed by atoms with Gasteiger partial charge in [0.2, 0.25) is 0 Å². The smallest absolute Gasteiger partial charge is 0.257 e. The zero-order valence-electron chi connectivity index (χ0n) is 18.4. The number of fused-ring (bicyclic) bond motifs is 1. The maximum atomic E-state index is 13.3. The average molecular weight is 451 g/mol. The summed E-state index contributed by atoms with van der Waals surface area (Å²) in [5.41, 5.74) is 3.48. The lowest BCUT2D eigenvalue weighted by Crippen LogP contribution is -2.50. The van der Waals surface area contributed by atoms with Crippen molar-refractivity contribution in [2.45, 2.75) is 23.8 Å². The number of rotatable bonds is 7. The number of piperazine rings is 1. The maximum Gasteiger partial charge on any atom is 0.257 e. The van der Waals surface area contributed by atoms with Gasteiger partial charge in [0.05, 0.1) is 0 Å². The Morgan fingerprint density at radius 3 is 2.34 bits per heavy atom. The summed E-state index contributed by atoms with van der Waals surface area (Å²) in [6.45, 7) is 8.27. The summed E-state index contributed by atoms with van der Waals surface area (Å²) in [4.78, 5) is 24.9. The van der Waals surface area contributed by atoms with Crippen LogP contribution in [0.3, 0.4) is 0 Å². The number of amides is 1. The molecule has 7 heteroatoms. The summed E-state index contributed by atoms with van der Waals surface area (Å²) >= 11 is 1.54. The van der Waals surface area contributed by atoms with Crippen LogP contribution in [0.2, 0.25) is 0 Å². The zero-order chi connectivity index (χ0) is 21.8. The molecule has 6 nitrogen and oxygen atoms in total. The molecule has 3 aromatic rings. The fourth-order valence-electron chi connectivity index (χ4n) is 4.54. The zero-order valence-corrected chi connectivity index (χ0v) is 19.2. The third kappa shape index (κ3) is 5.00. The first-order valence-corrected chi connectivity index (χ1v) is 12.5. The van der Waals surface area contributed by atoms with Crippen molar-refractivity contribution in [1.29, 1.82) is 0 Å². The number of benzene rings is 2. The first kappa shape index (κ1) is 21.5. The van der Waals surface area contributed by atoms with Gasteiger partial charge in [-0.05, 0) is 49.7 Å². The van der Waals surface area contributed by atoms with Crippen molar-refractivity contribution >= 4 is 28.8 Å². The monoisotopic (exact) mass is 450 g/mol. The number of nitrogens with zero attached hydrogens (tertiary/aromatic N) is 4. The fourth-order valence-corrected chi connectivity index (χ4v) is 5.38. The Balaban J connectivity index is 1.17. The van der Waals surface area contributed by atoms with Crippen LogP contribution in [0.1, 0.15) is 28.8 Å². The van der Waals surface area contributed by atoms with E-state index in [1.165, 1.54) is 37.7 Å². The second-order valence-corrected chi connectivity index (χ2v) is 9.50. The number of hydrogen-bond donors (Lipinski definition) is 0. The Morgan fingerprint density at radius 2 is 1.56 bits per heavy atom. The summed E-state index contributed by atoms with van der Waals surface area (Å²) in [5.74, 6) is 0.794. The molecule has 2 aliphatic rings. The first-order chi connectivity index (χ1) is 15.8. The summed E-state index contributed by atoms with van der Waals surface area (Å²) < 4.78 is 5.83. The summed E-state index contributed by atoms with van der Waals surface area (Å²) in [5, 5.41) is 0.639. The van der Waals surface area contributed by atoms with E-state index in [0.29, 0.717) is 11.0 Å². The van der Waals surface area contributed by atoms with Crippen LogP contribution < -0.4 is 0 Å². The largest absolute Gasteiger partial charge is 0.431 e. The lowest BCUT2D eigenvalue weighted by atomic mass is 10.1. The van der Waals surface area contributed by atoms with Crippen molar-refractivity contribution in [1.82, 2.24) is 19.7 Å². The number of carbonyl (C=O) groups is 1. The van der Waals surface area contributed by atoms with Gasteiger partial charge in [-0.25, -0.2) is 4.98 Å². The highest BCUT2D eigenvalue weighted by atomic mass is 32.2. The lowest BCUT2D eigenvalue weighted by molar-refractivity contribution is 0.0626. The summed E-state index contributed by atoms with van der Waals surface area (Å²) in [6.07, 6.45) is 2.68. The van der Waals surface area contributed by atoms with Gasteiger partial charge in [-0.15, -0.1) is 0 Å². The highest BCUT2D eigenvalue weighted by molar-refractivity contribution is 7.98. The van der Waals surface area contributed by atoms with Crippen LogP contribution >= 0.6 is 11.8 Å². The molecule has 0 aliphatic carbocycles. The second kappa shape index (κ2) is 10.1. The van der Waals surface area contributed by atoms with Gasteiger partial charge >= 0.3 is 0 Å². The van der Waals surface area contributed by atoms with E-state index in [1.807, 2.05) is 53.4 Å². The molecule has 0 spiro atoms. The molecule has 168 valence electrons.